The van der Waals surface area contributed by atoms with Crippen LogP contribution in [-0.4, -0.2) is 60.1 Å². The van der Waals surface area contributed by atoms with Crippen LogP contribution in [0.15, 0.2) is 72.3 Å². The number of amides is 2. The van der Waals surface area contributed by atoms with Crippen LogP contribution < -0.4 is 11.1 Å². The maximum absolute atomic E-state index is 15.2. The van der Waals surface area contributed by atoms with E-state index < -0.39 is 29.6 Å². The molecule has 0 spiro atoms. The number of nitrogens with one attached hydrogen (secondary N) is 1. The van der Waals surface area contributed by atoms with Gasteiger partial charge in [0.05, 0.1) is 22.9 Å². The van der Waals surface area contributed by atoms with Crippen molar-refractivity contribution in [2.75, 3.05) is 6.61 Å². The Balaban J connectivity index is 1.37. The average Bonchev–Trinajstić information content (AvgIpc) is 3.39. The third-order valence-corrected chi connectivity index (χ3v) is 10.4. The molecule has 50 heavy (non-hydrogen) atoms. The van der Waals surface area contributed by atoms with Crippen molar-refractivity contribution in [1.29, 1.82) is 0 Å². The van der Waals surface area contributed by atoms with Gasteiger partial charge in [0.1, 0.15) is 6.61 Å². The van der Waals surface area contributed by atoms with Crippen LogP contribution >= 0.6 is 11.6 Å². The van der Waals surface area contributed by atoms with Gasteiger partial charge < -0.3 is 15.8 Å². The average molecular weight is 709 g/mol. The van der Waals surface area contributed by atoms with Crippen molar-refractivity contribution in [1.82, 2.24) is 29.8 Å². The van der Waals surface area contributed by atoms with Gasteiger partial charge in [-0.25, -0.2) is 19.2 Å². The van der Waals surface area contributed by atoms with Crippen LogP contribution in [0, 0.1) is 10.8 Å². The molecule has 3 N–H and O–H groups in total. The predicted octanol–water partition coefficient (Wildman–Crippen LogP) is 7.21. The van der Waals surface area contributed by atoms with Crippen LogP contribution in [0.2, 0.25) is 5.02 Å². The van der Waals surface area contributed by atoms with E-state index in [1.807, 2.05) is 52.8 Å². The third-order valence-electron chi connectivity index (χ3n) is 10.1. The molecule has 11 nitrogen and oxygen atoms in total. The highest BCUT2D eigenvalue weighted by atomic mass is 35.5. The van der Waals surface area contributed by atoms with Crippen molar-refractivity contribution in [3.63, 3.8) is 0 Å². The highest BCUT2D eigenvalue weighted by Gasteiger charge is 2.60. The first-order chi connectivity index (χ1) is 23.6. The third kappa shape index (κ3) is 6.67. The van der Waals surface area contributed by atoms with E-state index >= 15 is 4.79 Å². The summed E-state index contributed by atoms with van der Waals surface area (Å²) < 4.78 is 34.5. The number of hydrogen-bond acceptors (Lipinski definition) is 7. The molecule has 1 fully saturated rings. The minimum Gasteiger partial charge on any atom is -0.447 e. The van der Waals surface area contributed by atoms with E-state index in [0.717, 1.165) is 19.3 Å². The molecule has 2 amide bonds. The lowest BCUT2D eigenvalue weighted by Crippen LogP contribution is -2.55. The van der Waals surface area contributed by atoms with Crippen LogP contribution in [0.4, 0.5) is 13.6 Å². The van der Waals surface area contributed by atoms with E-state index in [1.165, 1.54) is 17.3 Å². The molecule has 2 aromatic heterocycles. The number of nitrogens with zero attached hydrogens (tertiary/aromatic N) is 6. The molecule has 1 aliphatic heterocycles. The summed E-state index contributed by atoms with van der Waals surface area (Å²) in [6.07, 6.45) is 14.4. The molecule has 6 rings (SSSR count). The number of alkyl carbamates (subject to hydrolysis) is 1. The molecule has 3 atom stereocenters. The molecule has 266 valence electrons. The van der Waals surface area contributed by atoms with Crippen LogP contribution in [0.5, 0.6) is 0 Å². The van der Waals surface area contributed by atoms with Gasteiger partial charge in [-0.2, -0.15) is 19.0 Å². The number of alkyl halides is 2. The van der Waals surface area contributed by atoms with Gasteiger partial charge in [-0.3, -0.25) is 9.69 Å². The molecular weight excluding hydrogens is 666 g/mol. The number of hydrogen-bond donors (Lipinski definition) is 2. The molecule has 1 aromatic carbocycles. The van der Waals surface area contributed by atoms with E-state index in [-0.39, 0.29) is 29.4 Å². The summed E-state index contributed by atoms with van der Waals surface area (Å²) in [5.74, 6) is -0.338. The Morgan fingerprint density at radius 3 is 2.56 bits per heavy atom. The van der Waals surface area contributed by atoms with Gasteiger partial charge in [-0.15, -0.1) is 0 Å². The smallest absolute Gasteiger partial charge is 0.407 e. The van der Waals surface area contributed by atoms with Gasteiger partial charge in [-0.1, -0.05) is 70.5 Å². The van der Waals surface area contributed by atoms with E-state index in [4.69, 9.17) is 27.1 Å². The lowest BCUT2D eigenvalue weighted by molar-refractivity contribution is -0.138. The molecule has 3 aliphatic rings. The number of ether oxygens (including phenoxy) is 1. The summed E-state index contributed by atoms with van der Waals surface area (Å²) in [5.41, 5.74) is 6.35. The molecule has 0 radical (unpaired) electrons. The normalized spacial score (nSPS) is 23.5. The highest BCUT2D eigenvalue weighted by molar-refractivity contribution is 6.32. The van der Waals surface area contributed by atoms with Crippen LogP contribution in [-0.2, 0) is 9.53 Å². The number of aliphatic imine (C=N–C) groups is 1. The number of benzene rings is 1. The van der Waals surface area contributed by atoms with Crippen LogP contribution in [0.1, 0.15) is 90.4 Å². The fourth-order valence-electron chi connectivity index (χ4n) is 6.97. The summed E-state index contributed by atoms with van der Waals surface area (Å²) in [7, 11) is 0. The van der Waals surface area contributed by atoms with Gasteiger partial charge in [0.2, 0.25) is 0 Å². The van der Waals surface area contributed by atoms with Crippen LogP contribution in [0.3, 0.4) is 0 Å². The first-order valence-corrected chi connectivity index (χ1v) is 17.1. The van der Waals surface area contributed by atoms with Gasteiger partial charge in [0.15, 0.2) is 11.5 Å². The van der Waals surface area contributed by atoms with E-state index in [2.05, 4.69) is 15.5 Å². The monoisotopic (exact) mass is 708 g/mol. The van der Waals surface area contributed by atoms with E-state index in [0.29, 0.717) is 44.9 Å². The molecular formula is C36H43ClF2N8O3. The largest absolute Gasteiger partial charge is 0.447 e. The van der Waals surface area contributed by atoms with Gasteiger partial charge >= 0.3 is 12.6 Å². The molecule has 0 bridgehead atoms. The van der Waals surface area contributed by atoms with E-state index in [9.17, 15) is 13.6 Å². The standard InChI is InChI=1S/C36H43ClF2N8O3/c1-6-35(14-15-35)44-32(49)50-21-28(24-8-9-26(37)27(18-24)45-17-7-16-41-45)47-29(48)36(43-31(47)40,22-33(2,3)4)34(5)12-10-23(11-13-34)25-19-42-46(20-25)30(38)39/h7-12,16-20,28,30H,6,13-15,21-22H2,1-5H3,(H2,40,43)(H,44,49)/t28-,34?,36+/m1/s1. The van der Waals surface area contributed by atoms with Crippen molar-refractivity contribution >= 4 is 35.1 Å². The maximum atomic E-state index is 15.2. The van der Waals surface area contributed by atoms with Crippen molar-refractivity contribution in [2.45, 2.75) is 90.4 Å². The first kappa shape index (κ1) is 35.3. The fourth-order valence-corrected chi connectivity index (χ4v) is 7.18. The van der Waals surface area contributed by atoms with Crippen molar-refractivity contribution in [3.8, 4) is 5.69 Å². The predicted molar refractivity (Wildman–Crippen MR) is 187 cm³/mol. The number of aromatic nitrogens is 4. The summed E-state index contributed by atoms with van der Waals surface area (Å²) in [6.45, 7) is 7.13. The first-order valence-electron chi connectivity index (χ1n) is 16.7. The number of guanidine groups is 1. The zero-order valence-corrected chi connectivity index (χ0v) is 29.6. The number of rotatable bonds is 11. The van der Waals surface area contributed by atoms with Gasteiger partial charge in [0.25, 0.3) is 5.91 Å². The Morgan fingerprint density at radius 2 is 1.98 bits per heavy atom. The number of carbonyl (C=O) groups excluding carboxylic acids is 2. The Morgan fingerprint density at radius 1 is 1.22 bits per heavy atom. The fraction of sp³-hybridized carbons (Fsp3) is 0.472. The summed E-state index contributed by atoms with van der Waals surface area (Å²) >= 11 is 6.60. The molecule has 1 unspecified atom stereocenters. The Kier molecular flexibility index (Phi) is 9.17. The molecule has 14 heteroatoms. The van der Waals surface area contributed by atoms with Crippen LogP contribution in [0.25, 0.3) is 11.3 Å². The lowest BCUT2D eigenvalue weighted by atomic mass is 9.61. The number of halogens is 3. The molecule has 0 saturated heterocycles. The highest BCUT2D eigenvalue weighted by Crippen LogP contribution is 2.53. The quantitative estimate of drug-likeness (QED) is 0.216. The zero-order valence-electron chi connectivity index (χ0n) is 28.9. The summed E-state index contributed by atoms with van der Waals surface area (Å²) in [4.78, 5) is 34.7. The molecule has 3 aromatic rings. The van der Waals surface area contributed by atoms with E-state index in [1.54, 1.807) is 41.3 Å². The second-order valence-corrected chi connectivity index (χ2v) is 15.3. The topological polar surface area (TPSA) is 133 Å². The van der Waals surface area contributed by atoms with Gasteiger partial charge in [0, 0.05) is 35.1 Å². The minimum absolute atomic E-state index is 0.00122. The zero-order chi connectivity index (χ0) is 36.1. The van der Waals surface area contributed by atoms with Crippen molar-refractivity contribution in [3.05, 3.63) is 83.4 Å². The second-order valence-electron chi connectivity index (χ2n) is 14.9. The SMILES string of the molecule is CCC1(NC(=O)OC[C@H](c2ccc(Cl)c(-n3cccn3)c2)N2C(=O)[C@@](CC(C)(C)C)(C3(C)C=CC(c4cnn(C(F)F)c4)=CC3)N=C2N)CC1. The number of carbonyl (C=O) groups is 2. The second kappa shape index (κ2) is 13.0. The van der Waals surface area contributed by atoms with Gasteiger partial charge in [-0.05, 0) is 66.9 Å². The summed E-state index contributed by atoms with van der Waals surface area (Å²) in [5, 5.41) is 11.5. The molecule has 2 aliphatic carbocycles. The molecule has 1 saturated carbocycles. The Bertz CT molecular complexity index is 1860. The van der Waals surface area contributed by atoms with Crippen molar-refractivity contribution in [2.24, 2.45) is 21.6 Å². The Hall–Kier alpha value is -4.52. The summed E-state index contributed by atoms with van der Waals surface area (Å²) in [6, 6.07) is 6.20. The maximum Gasteiger partial charge on any atom is 0.407 e. The minimum atomic E-state index is -2.75. The number of allylic oxidation sites excluding steroid dienone is 3. The number of nitrogens with two attached hydrogens (primary N) is 1. The Labute approximate surface area is 295 Å². The lowest BCUT2D eigenvalue weighted by Gasteiger charge is -2.45. The van der Waals surface area contributed by atoms with Crippen molar-refractivity contribution < 1.29 is 23.1 Å². The molecule has 3 heterocycles.